The predicted molar refractivity (Wildman–Crippen MR) is 142 cm³/mol. The molecule has 3 atom stereocenters. The van der Waals surface area contributed by atoms with Crippen LogP contribution in [0.1, 0.15) is 86.6 Å². The molecule has 1 aliphatic heterocycles. The average Bonchev–Trinajstić information content (AvgIpc) is 3.26. The third kappa shape index (κ3) is 13.9. The highest BCUT2D eigenvalue weighted by atomic mass is 32.2. The van der Waals surface area contributed by atoms with Crippen molar-refractivity contribution in [2.45, 2.75) is 105 Å². The summed E-state index contributed by atoms with van der Waals surface area (Å²) >= 11 is 0. The number of amides is 1. The lowest BCUT2D eigenvalue weighted by Gasteiger charge is -2.24. The average molecular weight is 516 g/mol. The summed E-state index contributed by atoms with van der Waals surface area (Å²) in [6.45, 7) is 18.9. The Morgan fingerprint density at radius 2 is 1.74 bits per heavy atom. The molecule has 1 saturated heterocycles. The van der Waals surface area contributed by atoms with Crippen LogP contribution in [0, 0.1) is 18.8 Å². The van der Waals surface area contributed by atoms with E-state index in [1.54, 1.807) is 29.2 Å². The van der Waals surface area contributed by atoms with Gasteiger partial charge in [-0.25, -0.2) is 4.79 Å². The standard InChI is InChI=1S/C19H29NO5S.C6H14O.C2H6/c1-15-7-9-17(10-8-15)26(22,23)24-13-5-6-16-11-12-20(14-16)18(21)25-19(2,3)4;1-4-5(2)6(3)7;1-2/h7-10,16H,5-6,11-14H2,1-4H3;5-7H,4H2,1-3H3;1-2H3/t16-;5-,6?;/m01./s1. The van der Waals surface area contributed by atoms with Crippen molar-refractivity contribution < 1.29 is 27.2 Å². The van der Waals surface area contributed by atoms with Gasteiger partial charge in [-0.3, -0.25) is 4.18 Å². The maximum absolute atomic E-state index is 12.1. The molecule has 0 saturated carbocycles. The Kier molecular flexibility index (Phi) is 15.4. The van der Waals surface area contributed by atoms with Crippen LogP contribution < -0.4 is 0 Å². The van der Waals surface area contributed by atoms with Crippen molar-refractivity contribution in [2.24, 2.45) is 11.8 Å². The number of benzene rings is 1. The zero-order valence-electron chi connectivity index (χ0n) is 23.3. The SMILES string of the molecule is CC.CC[C@@H](C)C(C)O.Cc1ccc(S(=O)(=O)OCCC[C@H]2CCN(C(=O)OC(C)(C)C)C2)cc1. The first-order chi connectivity index (χ1) is 16.2. The van der Waals surface area contributed by atoms with E-state index in [-0.39, 0.29) is 23.7 Å². The second-order valence-corrected chi connectivity index (χ2v) is 11.6. The molecule has 8 heteroatoms. The Balaban J connectivity index is 0.00000110. The lowest BCUT2D eigenvalue weighted by molar-refractivity contribution is 0.0287. The fourth-order valence-electron chi connectivity index (χ4n) is 3.22. The number of aryl methyl sites for hydroxylation is 1. The number of nitrogens with zero attached hydrogens (tertiary/aromatic N) is 1. The Morgan fingerprint density at radius 3 is 2.20 bits per heavy atom. The minimum Gasteiger partial charge on any atom is -0.444 e. The molecule has 1 unspecified atom stereocenters. The van der Waals surface area contributed by atoms with Crippen LogP contribution in [0.4, 0.5) is 4.79 Å². The van der Waals surface area contributed by atoms with Crippen LogP contribution in [-0.2, 0) is 19.0 Å². The minimum absolute atomic E-state index is 0.134. The number of rotatable bonds is 8. The molecule has 0 radical (unpaired) electrons. The van der Waals surface area contributed by atoms with Gasteiger partial charge in [0.1, 0.15) is 5.60 Å². The molecular weight excluding hydrogens is 466 g/mol. The predicted octanol–water partition coefficient (Wildman–Crippen LogP) is 6.18. The molecule has 0 aromatic heterocycles. The molecule has 1 amide bonds. The van der Waals surface area contributed by atoms with Gasteiger partial charge in [-0.1, -0.05) is 51.8 Å². The molecule has 7 nitrogen and oxygen atoms in total. The minimum atomic E-state index is -3.70. The lowest BCUT2D eigenvalue weighted by atomic mass is 10.0. The van der Waals surface area contributed by atoms with Gasteiger partial charge < -0.3 is 14.7 Å². The summed E-state index contributed by atoms with van der Waals surface area (Å²) in [5.41, 5.74) is 0.507. The fourth-order valence-corrected chi connectivity index (χ4v) is 4.16. The van der Waals surface area contributed by atoms with Gasteiger partial charge >= 0.3 is 6.09 Å². The van der Waals surface area contributed by atoms with Crippen molar-refractivity contribution >= 4 is 16.2 Å². The maximum Gasteiger partial charge on any atom is 0.410 e. The van der Waals surface area contributed by atoms with Crippen LogP contribution in [0.3, 0.4) is 0 Å². The van der Waals surface area contributed by atoms with Crippen molar-refractivity contribution in [2.75, 3.05) is 19.7 Å². The summed E-state index contributed by atoms with van der Waals surface area (Å²) in [5, 5.41) is 8.82. The Hall–Kier alpha value is -1.64. The number of carbonyl (C=O) groups is 1. The normalized spacial score (nSPS) is 17.4. The first-order valence-corrected chi connectivity index (χ1v) is 14.3. The molecule has 1 heterocycles. The second kappa shape index (κ2) is 16.2. The van der Waals surface area contributed by atoms with Crippen molar-refractivity contribution in [3.63, 3.8) is 0 Å². The summed E-state index contributed by atoms with van der Waals surface area (Å²) in [6.07, 6.45) is 3.02. The summed E-state index contributed by atoms with van der Waals surface area (Å²) in [4.78, 5) is 14.0. The quantitative estimate of drug-likeness (QED) is 0.328. The van der Waals surface area contributed by atoms with E-state index in [2.05, 4.69) is 6.92 Å². The van der Waals surface area contributed by atoms with Crippen molar-refractivity contribution in [3.05, 3.63) is 29.8 Å². The highest BCUT2D eigenvalue weighted by Gasteiger charge is 2.29. The molecular formula is C27H49NO6S. The Bertz CT molecular complexity index is 815. The summed E-state index contributed by atoms with van der Waals surface area (Å²) < 4.78 is 34.7. The largest absolute Gasteiger partial charge is 0.444 e. The van der Waals surface area contributed by atoms with E-state index in [1.165, 1.54) is 0 Å². The molecule has 0 bridgehead atoms. The Labute approximate surface area is 214 Å². The third-order valence-corrected chi connectivity index (χ3v) is 7.04. The molecule has 1 aliphatic rings. The molecule has 2 rings (SSSR count). The molecule has 1 fully saturated rings. The zero-order valence-corrected chi connectivity index (χ0v) is 24.2. The van der Waals surface area contributed by atoms with Gasteiger partial charge in [0, 0.05) is 13.1 Å². The molecule has 35 heavy (non-hydrogen) atoms. The highest BCUT2D eigenvalue weighted by Crippen LogP contribution is 2.23. The van der Waals surface area contributed by atoms with E-state index in [0.29, 0.717) is 31.3 Å². The molecule has 0 spiro atoms. The zero-order chi connectivity index (χ0) is 27.2. The van der Waals surface area contributed by atoms with Gasteiger partial charge in [0.25, 0.3) is 10.1 Å². The van der Waals surface area contributed by atoms with Crippen LogP contribution in [0.25, 0.3) is 0 Å². The first kappa shape index (κ1) is 33.4. The van der Waals surface area contributed by atoms with E-state index in [4.69, 9.17) is 14.0 Å². The molecule has 1 aromatic carbocycles. The molecule has 0 aliphatic carbocycles. The molecule has 204 valence electrons. The van der Waals surface area contributed by atoms with Gasteiger partial charge in [0.05, 0.1) is 17.6 Å². The molecule has 1 aromatic rings. The lowest BCUT2D eigenvalue weighted by Crippen LogP contribution is -2.35. The maximum atomic E-state index is 12.1. The van der Waals surface area contributed by atoms with E-state index in [0.717, 1.165) is 24.8 Å². The topological polar surface area (TPSA) is 93.1 Å². The summed E-state index contributed by atoms with van der Waals surface area (Å²) in [7, 11) is -3.70. The van der Waals surface area contributed by atoms with Crippen LogP contribution >= 0.6 is 0 Å². The van der Waals surface area contributed by atoms with Crippen LogP contribution in [-0.4, -0.2) is 55.9 Å². The third-order valence-electron chi connectivity index (χ3n) is 5.71. The van der Waals surface area contributed by atoms with Crippen molar-refractivity contribution in [1.29, 1.82) is 0 Å². The van der Waals surface area contributed by atoms with Crippen LogP contribution in [0.5, 0.6) is 0 Å². The first-order valence-electron chi connectivity index (χ1n) is 12.9. The summed E-state index contributed by atoms with van der Waals surface area (Å²) in [6, 6.07) is 6.61. The van der Waals surface area contributed by atoms with Gasteiger partial charge in [0.15, 0.2) is 0 Å². The number of ether oxygens (including phenoxy) is 1. The number of carbonyl (C=O) groups excluding carboxylic acids is 1. The number of hydrogen-bond donors (Lipinski definition) is 1. The Morgan fingerprint density at radius 1 is 1.17 bits per heavy atom. The fraction of sp³-hybridized carbons (Fsp3) is 0.741. The number of hydrogen-bond acceptors (Lipinski definition) is 6. The van der Waals surface area contributed by atoms with Gasteiger partial charge in [-0.05, 0) is 77.8 Å². The highest BCUT2D eigenvalue weighted by molar-refractivity contribution is 7.86. The van der Waals surface area contributed by atoms with E-state index < -0.39 is 15.7 Å². The van der Waals surface area contributed by atoms with Crippen molar-refractivity contribution in [3.8, 4) is 0 Å². The number of likely N-dealkylation sites (tertiary alicyclic amines) is 1. The summed E-state index contributed by atoms with van der Waals surface area (Å²) in [5.74, 6) is 0.813. The molecule has 1 N–H and O–H groups in total. The van der Waals surface area contributed by atoms with E-state index in [9.17, 15) is 13.2 Å². The number of aliphatic hydroxyl groups excluding tert-OH is 1. The number of aliphatic hydroxyl groups is 1. The monoisotopic (exact) mass is 515 g/mol. The van der Waals surface area contributed by atoms with Crippen molar-refractivity contribution in [1.82, 2.24) is 4.90 Å². The van der Waals surface area contributed by atoms with Gasteiger partial charge in [-0.15, -0.1) is 0 Å². The van der Waals surface area contributed by atoms with E-state index in [1.807, 2.05) is 55.4 Å². The van der Waals surface area contributed by atoms with E-state index >= 15 is 0 Å². The van der Waals surface area contributed by atoms with Crippen LogP contribution in [0.15, 0.2) is 29.2 Å². The van der Waals surface area contributed by atoms with Gasteiger partial charge in [0.2, 0.25) is 0 Å². The second-order valence-electron chi connectivity index (χ2n) is 9.94. The van der Waals surface area contributed by atoms with Crippen LogP contribution in [0.2, 0.25) is 0 Å². The van der Waals surface area contributed by atoms with Gasteiger partial charge in [-0.2, -0.15) is 8.42 Å². The smallest absolute Gasteiger partial charge is 0.410 e.